The van der Waals surface area contributed by atoms with E-state index in [9.17, 15) is 8.42 Å². The summed E-state index contributed by atoms with van der Waals surface area (Å²) in [5.41, 5.74) is 7.39. The molecule has 0 aliphatic carbocycles. The number of nitrogen functional groups attached to an aromatic ring is 1. The lowest BCUT2D eigenvalue weighted by molar-refractivity contribution is 0.439. The fourth-order valence-electron chi connectivity index (χ4n) is 3.50. The van der Waals surface area contributed by atoms with Gasteiger partial charge in [-0.1, -0.05) is 13.0 Å². The van der Waals surface area contributed by atoms with Gasteiger partial charge in [0.15, 0.2) is 11.6 Å². The molecule has 2 aliphatic rings. The summed E-state index contributed by atoms with van der Waals surface area (Å²) in [6.45, 7) is 3.03. The van der Waals surface area contributed by atoms with Crippen LogP contribution in [0.1, 0.15) is 29.7 Å². The van der Waals surface area contributed by atoms with E-state index in [1.54, 1.807) is 31.5 Å². The van der Waals surface area contributed by atoms with Crippen molar-refractivity contribution in [1.82, 2.24) is 4.90 Å². The van der Waals surface area contributed by atoms with Gasteiger partial charge in [0.05, 0.1) is 24.3 Å². The van der Waals surface area contributed by atoms with Gasteiger partial charge in [-0.3, -0.25) is 4.99 Å². The molecule has 0 radical (unpaired) electrons. The number of fused-ring (bicyclic) bond motifs is 3. The summed E-state index contributed by atoms with van der Waals surface area (Å²) in [7, 11) is -3.99. The van der Waals surface area contributed by atoms with E-state index >= 15 is 4.39 Å². The van der Waals surface area contributed by atoms with Crippen molar-refractivity contribution in [3.8, 4) is 11.5 Å². The molecule has 4 N–H and O–H groups in total. The summed E-state index contributed by atoms with van der Waals surface area (Å²) in [5.74, 6) is 0.0280. The number of anilines is 1. The summed E-state index contributed by atoms with van der Waals surface area (Å²) in [4.78, 5) is 10.8. The number of hydrogen-bond acceptors (Lipinski definition) is 7. The molecule has 0 bridgehead atoms. The molecular formula is C19H20FN5O3S. The molecule has 0 amide bonds. The van der Waals surface area contributed by atoms with Crippen LogP contribution in [0.25, 0.3) is 0 Å². The molecule has 0 saturated heterocycles. The van der Waals surface area contributed by atoms with Crippen LogP contribution in [0.15, 0.2) is 40.3 Å². The molecule has 2 aromatic carbocycles. The Morgan fingerprint density at radius 3 is 2.83 bits per heavy atom. The van der Waals surface area contributed by atoms with Crippen LogP contribution >= 0.6 is 0 Å². The number of amidine groups is 1. The molecule has 1 unspecified atom stereocenters. The smallest absolute Gasteiger partial charge is 0.216 e. The summed E-state index contributed by atoms with van der Waals surface area (Å²) in [6.07, 6.45) is 1.85. The van der Waals surface area contributed by atoms with Crippen LogP contribution in [0.4, 0.5) is 15.8 Å². The number of sulfonamides is 1. The predicted molar refractivity (Wildman–Crippen MR) is 110 cm³/mol. The van der Waals surface area contributed by atoms with Gasteiger partial charge >= 0.3 is 0 Å². The van der Waals surface area contributed by atoms with E-state index in [1.165, 1.54) is 12.1 Å². The van der Waals surface area contributed by atoms with Crippen molar-refractivity contribution < 1.29 is 17.5 Å². The molecule has 2 aromatic rings. The number of aliphatic imine (C=N–C) groups is 2. The second-order valence-corrected chi connectivity index (χ2v) is 8.54. The molecule has 0 saturated carbocycles. The fourth-order valence-corrected chi connectivity index (χ4v) is 4.50. The fraction of sp³-hybridized carbons (Fsp3) is 0.263. The third kappa shape index (κ3) is 3.45. The summed E-state index contributed by atoms with van der Waals surface area (Å²) in [6, 6.07) is 7.84. The van der Waals surface area contributed by atoms with E-state index in [0.29, 0.717) is 12.3 Å². The van der Waals surface area contributed by atoms with Gasteiger partial charge in [0, 0.05) is 17.7 Å². The van der Waals surface area contributed by atoms with Crippen LogP contribution in [-0.4, -0.2) is 38.6 Å². The van der Waals surface area contributed by atoms with E-state index in [-0.39, 0.29) is 23.4 Å². The number of benzene rings is 2. The minimum absolute atomic E-state index is 0.0473. The zero-order valence-corrected chi connectivity index (χ0v) is 16.5. The van der Waals surface area contributed by atoms with Gasteiger partial charge < -0.3 is 15.4 Å². The van der Waals surface area contributed by atoms with E-state index in [1.807, 2.05) is 4.90 Å². The number of halogens is 1. The van der Waals surface area contributed by atoms with Crippen molar-refractivity contribution in [1.29, 1.82) is 0 Å². The SMILES string of the molecule is CCC(c1ccc(N)c(Oc2ccc3c(c2)C2=NCCN2C=N3)c1F)S(N)(=O)=O. The lowest BCUT2D eigenvalue weighted by Crippen LogP contribution is -2.29. The highest BCUT2D eigenvalue weighted by Crippen LogP contribution is 2.38. The molecule has 2 heterocycles. The van der Waals surface area contributed by atoms with Crippen molar-refractivity contribution in [2.45, 2.75) is 18.6 Å². The molecule has 0 fully saturated rings. The topological polar surface area (TPSA) is 123 Å². The molecule has 0 aromatic heterocycles. The molecule has 10 heteroatoms. The minimum atomic E-state index is -3.99. The van der Waals surface area contributed by atoms with E-state index in [4.69, 9.17) is 15.6 Å². The monoisotopic (exact) mass is 417 g/mol. The van der Waals surface area contributed by atoms with E-state index in [2.05, 4.69) is 9.98 Å². The van der Waals surface area contributed by atoms with Gasteiger partial charge in [0.1, 0.15) is 16.8 Å². The van der Waals surface area contributed by atoms with Crippen LogP contribution in [-0.2, 0) is 10.0 Å². The average Bonchev–Trinajstić information content (AvgIpc) is 3.15. The Hall–Kier alpha value is -2.98. The highest BCUT2D eigenvalue weighted by molar-refractivity contribution is 7.89. The average molecular weight is 417 g/mol. The standard InChI is InChI=1S/C19H20FN5O3S/c1-2-16(29(22,26)27)12-4-5-14(21)18(17(12)20)28-11-3-6-15-13(9-11)19-23-7-8-25(19)10-24-15/h3-6,9-10,16H,2,7-8,21H2,1H3,(H2,22,26,27). The maximum absolute atomic E-state index is 15.2. The van der Waals surface area contributed by atoms with Crippen molar-refractivity contribution in [2.75, 3.05) is 18.8 Å². The highest BCUT2D eigenvalue weighted by atomic mass is 32.2. The Balaban J connectivity index is 1.73. The maximum atomic E-state index is 15.2. The number of nitrogens with two attached hydrogens (primary N) is 2. The molecule has 2 aliphatic heterocycles. The Bertz CT molecular complexity index is 1150. The first-order valence-electron chi connectivity index (χ1n) is 9.06. The first-order chi connectivity index (χ1) is 13.8. The molecule has 29 heavy (non-hydrogen) atoms. The Morgan fingerprint density at radius 2 is 2.10 bits per heavy atom. The highest BCUT2D eigenvalue weighted by Gasteiger charge is 2.28. The van der Waals surface area contributed by atoms with Gasteiger partial charge in [0.2, 0.25) is 10.0 Å². The zero-order chi connectivity index (χ0) is 20.8. The zero-order valence-electron chi connectivity index (χ0n) is 15.7. The number of nitrogens with zero attached hydrogens (tertiary/aromatic N) is 3. The molecule has 8 nitrogen and oxygen atoms in total. The Morgan fingerprint density at radius 1 is 1.31 bits per heavy atom. The second-order valence-electron chi connectivity index (χ2n) is 6.80. The van der Waals surface area contributed by atoms with Gasteiger partial charge in [-0.05, 0) is 30.7 Å². The lowest BCUT2D eigenvalue weighted by atomic mass is 10.1. The first kappa shape index (κ1) is 19.3. The number of primary sulfonamides is 1. The normalized spacial score (nSPS) is 16.2. The van der Waals surface area contributed by atoms with Crippen LogP contribution < -0.4 is 15.6 Å². The number of hydrogen-bond donors (Lipinski definition) is 2. The summed E-state index contributed by atoms with van der Waals surface area (Å²) in [5, 5.41) is 4.07. The predicted octanol–water partition coefficient (Wildman–Crippen LogP) is 2.68. The van der Waals surface area contributed by atoms with Gasteiger partial charge in [-0.15, -0.1) is 0 Å². The lowest BCUT2D eigenvalue weighted by Gasteiger charge is -2.21. The van der Waals surface area contributed by atoms with Crippen LogP contribution in [0.3, 0.4) is 0 Å². The third-order valence-electron chi connectivity index (χ3n) is 4.91. The van der Waals surface area contributed by atoms with E-state index < -0.39 is 21.1 Å². The largest absolute Gasteiger partial charge is 0.452 e. The Labute approximate surface area is 167 Å². The van der Waals surface area contributed by atoms with Crippen LogP contribution in [0, 0.1) is 5.82 Å². The second kappa shape index (κ2) is 7.12. The van der Waals surface area contributed by atoms with Gasteiger partial charge in [-0.2, -0.15) is 0 Å². The molecule has 152 valence electrons. The van der Waals surface area contributed by atoms with Crippen LogP contribution in [0.2, 0.25) is 0 Å². The molecular weight excluding hydrogens is 397 g/mol. The van der Waals surface area contributed by atoms with Crippen molar-refractivity contribution in [2.24, 2.45) is 15.1 Å². The third-order valence-corrected chi connectivity index (χ3v) is 6.29. The van der Waals surface area contributed by atoms with Crippen molar-refractivity contribution in [3.63, 3.8) is 0 Å². The maximum Gasteiger partial charge on any atom is 0.216 e. The van der Waals surface area contributed by atoms with E-state index in [0.717, 1.165) is 23.6 Å². The number of rotatable bonds is 5. The number of ether oxygens (including phenoxy) is 1. The van der Waals surface area contributed by atoms with Crippen LogP contribution in [0.5, 0.6) is 11.5 Å². The first-order valence-corrected chi connectivity index (χ1v) is 10.7. The van der Waals surface area contributed by atoms with Crippen molar-refractivity contribution >= 4 is 33.6 Å². The van der Waals surface area contributed by atoms with Gasteiger partial charge in [0.25, 0.3) is 0 Å². The minimum Gasteiger partial charge on any atom is -0.452 e. The molecule has 4 rings (SSSR count). The Kier molecular flexibility index (Phi) is 4.75. The summed E-state index contributed by atoms with van der Waals surface area (Å²) >= 11 is 0. The quantitative estimate of drug-likeness (QED) is 0.724. The summed E-state index contributed by atoms with van der Waals surface area (Å²) < 4.78 is 44.6. The molecule has 1 atom stereocenters. The van der Waals surface area contributed by atoms with Gasteiger partial charge in [-0.25, -0.2) is 22.9 Å². The molecule has 0 spiro atoms. The van der Waals surface area contributed by atoms with Crippen molar-refractivity contribution in [3.05, 3.63) is 47.3 Å².